The van der Waals surface area contributed by atoms with Gasteiger partial charge in [0.25, 0.3) is 5.91 Å². The molecule has 1 fully saturated rings. The summed E-state index contributed by atoms with van der Waals surface area (Å²) in [6, 6.07) is 30.2. The maximum atomic E-state index is 14.1. The molecule has 0 spiro atoms. The first kappa shape index (κ1) is 25.7. The van der Waals surface area contributed by atoms with Crippen molar-refractivity contribution in [3.8, 4) is 0 Å². The number of cyclic esters (lactones) is 1. The minimum absolute atomic E-state index is 0.0950. The lowest BCUT2D eigenvalue weighted by Crippen LogP contribution is -2.46. The van der Waals surface area contributed by atoms with Crippen molar-refractivity contribution in [3.63, 3.8) is 0 Å². The number of carbonyl (C=O) groups is 3. The van der Waals surface area contributed by atoms with E-state index in [2.05, 4.69) is 10.6 Å². The van der Waals surface area contributed by atoms with Gasteiger partial charge in [0.1, 0.15) is 5.82 Å². The van der Waals surface area contributed by atoms with Gasteiger partial charge in [0.2, 0.25) is 5.91 Å². The highest BCUT2D eigenvalue weighted by Gasteiger charge is 2.47. The van der Waals surface area contributed by atoms with Crippen molar-refractivity contribution >= 4 is 23.6 Å². The number of amides is 3. The molecule has 0 unspecified atom stereocenters. The first-order chi connectivity index (χ1) is 19.0. The Bertz CT molecular complexity index is 1480. The van der Waals surface area contributed by atoms with Gasteiger partial charge in [-0.2, -0.15) is 0 Å². The minimum atomic E-state index is -0.959. The normalized spacial score (nSPS) is 16.4. The summed E-state index contributed by atoms with van der Waals surface area (Å²) in [5.41, 5.74) is 2.57. The number of hydrogen-bond acceptors (Lipinski definition) is 4. The molecule has 1 aliphatic heterocycles. The molecule has 2 N–H and O–H groups in total. The molecular weight excluding hydrogens is 497 g/mol. The van der Waals surface area contributed by atoms with Gasteiger partial charge in [-0.1, -0.05) is 84.9 Å². The van der Waals surface area contributed by atoms with Crippen LogP contribution in [0.25, 0.3) is 0 Å². The van der Waals surface area contributed by atoms with Crippen LogP contribution in [0, 0.1) is 5.82 Å². The van der Waals surface area contributed by atoms with Gasteiger partial charge in [-0.05, 0) is 41.0 Å². The molecule has 0 saturated carbocycles. The zero-order valence-electron chi connectivity index (χ0n) is 20.9. The second-order valence-electron chi connectivity index (χ2n) is 9.13. The van der Waals surface area contributed by atoms with E-state index in [0.717, 1.165) is 11.1 Å². The van der Waals surface area contributed by atoms with Gasteiger partial charge in [-0.3, -0.25) is 14.5 Å². The zero-order valence-corrected chi connectivity index (χ0v) is 20.9. The molecule has 0 bridgehead atoms. The molecule has 3 amide bonds. The number of anilines is 1. The maximum Gasteiger partial charge on any atom is 0.411 e. The van der Waals surface area contributed by atoms with Gasteiger partial charge in [0.15, 0.2) is 12.1 Å². The van der Waals surface area contributed by atoms with Crippen LogP contribution >= 0.6 is 0 Å². The van der Waals surface area contributed by atoms with Crippen LogP contribution in [0.15, 0.2) is 109 Å². The second-order valence-corrected chi connectivity index (χ2v) is 9.13. The molecule has 1 heterocycles. The predicted molar refractivity (Wildman–Crippen MR) is 144 cm³/mol. The molecule has 4 aromatic carbocycles. The van der Waals surface area contributed by atoms with Crippen LogP contribution in [-0.4, -0.2) is 28.8 Å². The highest BCUT2D eigenvalue weighted by molar-refractivity contribution is 6.04. The highest BCUT2D eigenvalue weighted by atomic mass is 19.1. The van der Waals surface area contributed by atoms with E-state index in [-0.39, 0.29) is 24.6 Å². The van der Waals surface area contributed by atoms with E-state index < -0.39 is 30.0 Å². The topological polar surface area (TPSA) is 87.7 Å². The quantitative estimate of drug-likeness (QED) is 0.321. The van der Waals surface area contributed by atoms with Crippen molar-refractivity contribution in [2.75, 3.05) is 5.32 Å². The van der Waals surface area contributed by atoms with Crippen LogP contribution in [0.1, 0.15) is 33.2 Å². The van der Waals surface area contributed by atoms with Crippen LogP contribution < -0.4 is 10.6 Å². The SMILES string of the molecule is O=C(Nc1cccc([C@@H]2OC(=O)N(Cc3ccccc3)[C@@H]2C(=O)NCc2ccccc2)c1)c1ccccc1F. The highest BCUT2D eigenvalue weighted by Crippen LogP contribution is 2.35. The summed E-state index contributed by atoms with van der Waals surface area (Å²) in [5, 5.41) is 5.61. The van der Waals surface area contributed by atoms with Gasteiger partial charge in [0, 0.05) is 12.2 Å². The number of nitrogens with one attached hydrogen (secondary N) is 2. The number of hydrogen-bond donors (Lipinski definition) is 2. The number of ether oxygens (including phenoxy) is 1. The summed E-state index contributed by atoms with van der Waals surface area (Å²) in [6.07, 6.45) is -1.55. The minimum Gasteiger partial charge on any atom is -0.438 e. The Labute approximate surface area is 225 Å². The van der Waals surface area contributed by atoms with Crippen molar-refractivity contribution in [2.45, 2.75) is 25.2 Å². The fraction of sp³-hybridized carbons (Fsp3) is 0.129. The molecule has 1 aliphatic rings. The number of benzene rings is 4. The Balaban J connectivity index is 1.41. The number of rotatable bonds is 8. The van der Waals surface area contributed by atoms with E-state index in [0.29, 0.717) is 11.3 Å². The van der Waals surface area contributed by atoms with Crippen LogP contribution in [0.3, 0.4) is 0 Å². The number of halogens is 1. The molecule has 5 rings (SSSR count). The van der Waals surface area contributed by atoms with E-state index >= 15 is 0 Å². The molecule has 2 atom stereocenters. The van der Waals surface area contributed by atoms with Gasteiger partial charge >= 0.3 is 6.09 Å². The first-order valence-corrected chi connectivity index (χ1v) is 12.5. The third-order valence-corrected chi connectivity index (χ3v) is 6.45. The molecule has 196 valence electrons. The summed E-state index contributed by atoms with van der Waals surface area (Å²) < 4.78 is 19.8. The molecule has 0 radical (unpaired) electrons. The van der Waals surface area contributed by atoms with Crippen molar-refractivity contribution < 1.29 is 23.5 Å². The average molecular weight is 524 g/mol. The second kappa shape index (κ2) is 11.6. The molecule has 7 nitrogen and oxygen atoms in total. The van der Waals surface area contributed by atoms with Crippen molar-refractivity contribution in [2.24, 2.45) is 0 Å². The monoisotopic (exact) mass is 523 g/mol. The van der Waals surface area contributed by atoms with Crippen LogP contribution in [-0.2, 0) is 22.6 Å². The zero-order chi connectivity index (χ0) is 27.2. The Morgan fingerprint density at radius 1 is 0.821 bits per heavy atom. The van der Waals surface area contributed by atoms with Crippen LogP contribution in [0.5, 0.6) is 0 Å². The van der Waals surface area contributed by atoms with Gasteiger partial charge < -0.3 is 15.4 Å². The molecular formula is C31H26FN3O4. The number of nitrogens with zero attached hydrogens (tertiary/aromatic N) is 1. The maximum absolute atomic E-state index is 14.1. The summed E-state index contributed by atoms with van der Waals surface area (Å²) in [4.78, 5) is 40.7. The van der Waals surface area contributed by atoms with Crippen molar-refractivity contribution in [3.05, 3.63) is 137 Å². The number of carbonyl (C=O) groups excluding carboxylic acids is 3. The van der Waals surface area contributed by atoms with Crippen LogP contribution in [0.4, 0.5) is 14.9 Å². The molecule has 8 heteroatoms. The third kappa shape index (κ3) is 5.96. The lowest BCUT2D eigenvalue weighted by molar-refractivity contribution is -0.126. The van der Waals surface area contributed by atoms with Crippen molar-refractivity contribution in [1.82, 2.24) is 10.2 Å². The van der Waals surface area contributed by atoms with Crippen LogP contribution in [0.2, 0.25) is 0 Å². The van der Waals surface area contributed by atoms with E-state index in [1.807, 2.05) is 60.7 Å². The third-order valence-electron chi connectivity index (χ3n) is 6.45. The predicted octanol–water partition coefficient (Wildman–Crippen LogP) is 5.46. The van der Waals surface area contributed by atoms with Gasteiger partial charge in [0.05, 0.1) is 12.1 Å². The van der Waals surface area contributed by atoms with E-state index in [4.69, 9.17) is 4.74 Å². The van der Waals surface area contributed by atoms with E-state index in [1.165, 1.54) is 23.1 Å². The summed E-state index contributed by atoms with van der Waals surface area (Å²) in [5.74, 6) is -1.62. The molecule has 4 aromatic rings. The van der Waals surface area contributed by atoms with Gasteiger partial charge in [-0.25, -0.2) is 9.18 Å². The smallest absolute Gasteiger partial charge is 0.411 e. The van der Waals surface area contributed by atoms with Crippen molar-refractivity contribution in [1.29, 1.82) is 0 Å². The largest absolute Gasteiger partial charge is 0.438 e. The summed E-state index contributed by atoms with van der Waals surface area (Å²) in [7, 11) is 0. The molecule has 0 aliphatic carbocycles. The van der Waals surface area contributed by atoms with Gasteiger partial charge in [-0.15, -0.1) is 0 Å². The average Bonchev–Trinajstić information content (AvgIpc) is 3.29. The lowest BCUT2D eigenvalue weighted by atomic mass is 10.00. The summed E-state index contributed by atoms with van der Waals surface area (Å²) in [6.45, 7) is 0.471. The first-order valence-electron chi connectivity index (χ1n) is 12.5. The summed E-state index contributed by atoms with van der Waals surface area (Å²) >= 11 is 0. The fourth-order valence-corrected chi connectivity index (χ4v) is 4.52. The lowest BCUT2D eigenvalue weighted by Gasteiger charge is -2.24. The van der Waals surface area contributed by atoms with E-state index in [9.17, 15) is 18.8 Å². The fourth-order valence-electron chi connectivity index (χ4n) is 4.52. The Morgan fingerprint density at radius 2 is 1.49 bits per heavy atom. The Kier molecular flexibility index (Phi) is 7.63. The van der Waals surface area contributed by atoms with E-state index in [1.54, 1.807) is 30.3 Å². The molecule has 0 aromatic heterocycles. The molecule has 39 heavy (non-hydrogen) atoms. The Hall–Kier alpha value is -4.98. The molecule has 1 saturated heterocycles. The Morgan fingerprint density at radius 3 is 2.21 bits per heavy atom. The standard InChI is InChI=1S/C31H26FN3O4/c32-26-17-8-7-16-25(26)29(36)34-24-15-9-14-23(18-24)28-27(30(37)33-19-21-10-3-1-4-11-21)35(31(38)39-28)20-22-12-5-2-6-13-22/h1-18,27-28H,19-20H2,(H,33,37)(H,34,36)/t27-,28-/m0/s1.